The first-order valence-electron chi connectivity index (χ1n) is 12.2. The summed E-state index contributed by atoms with van der Waals surface area (Å²) < 4.78 is 34.1. The van der Waals surface area contributed by atoms with Crippen molar-refractivity contribution in [1.29, 1.82) is 0 Å². The summed E-state index contributed by atoms with van der Waals surface area (Å²) in [4.78, 5) is 12.9. The lowest BCUT2D eigenvalue weighted by Gasteiger charge is -2.13. The number of imidazole rings is 1. The summed E-state index contributed by atoms with van der Waals surface area (Å²) in [5, 5.41) is 7.68. The summed E-state index contributed by atoms with van der Waals surface area (Å²) in [6.45, 7) is 7.84. The lowest BCUT2D eigenvalue weighted by Crippen LogP contribution is -2.12. The van der Waals surface area contributed by atoms with Crippen LogP contribution >= 0.6 is 0 Å². The molecule has 4 heterocycles. The molecule has 1 fully saturated rings. The number of nitrogens with one attached hydrogen (secondary N) is 2. The molecule has 36 heavy (non-hydrogen) atoms. The van der Waals surface area contributed by atoms with E-state index in [2.05, 4.69) is 48.5 Å². The molecule has 0 amide bonds. The minimum atomic E-state index is -0.621. The summed E-state index contributed by atoms with van der Waals surface area (Å²) in [6, 6.07) is 11.7. The molecule has 1 aliphatic heterocycles. The second-order valence-corrected chi connectivity index (χ2v) is 9.61. The fourth-order valence-electron chi connectivity index (χ4n) is 5.25. The standard InChI is InChI=1S/C27H27F2N7/c1-15(2)36-16(3)32-26-21(28)11-18(12-24(26)36)25-22(29)14-31-27(34-25)33-19-4-5-23-17(10-19)7-9-35(23)20-6-8-30-13-20/h4-5,7,9-12,14-15,20,30H,6,8,13H2,1-3H3,(H,31,33,34). The summed E-state index contributed by atoms with van der Waals surface area (Å²) in [7, 11) is 0. The van der Waals surface area contributed by atoms with E-state index in [0.29, 0.717) is 22.9 Å². The van der Waals surface area contributed by atoms with Gasteiger partial charge in [0.05, 0.1) is 11.7 Å². The third-order valence-corrected chi connectivity index (χ3v) is 6.86. The van der Waals surface area contributed by atoms with Gasteiger partial charge in [0.25, 0.3) is 0 Å². The van der Waals surface area contributed by atoms with E-state index in [1.807, 2.05) is 37.5 Å². The predicted octanol–water partition coefficient (Wildman–Crippen LogP) is 5.89. The smallest absolute Gasteiger partial charge is 0.227 e. The minimum absolute atomic E-state index is 0.0309. The van der Waals surface area contributed by atoms with E-state index in [9.17, 15) is 8.78 Å². The molecule has 1 atom stereocenters. The molecule has 1 aliphatic rings. The van der Waals surface area contributed by atoms with Gasteiger partial charge in [-0.25, -0.2) is 23.7 Å². The Bertz CT molecular complexity index is 1600. The number of fused-ring (bicyclic) bond motifs is 2. The van der Waals surface area contributed by atoms with Gasteiger partial charge in [-0.3, -0.25) is 0 Å². The van der Waals surface area contributed by atoms with Gasteiger partial charge >= 0.3 is 0 Å². The highest BCUT2D eigenvalue weighted by atomic mass is 19.1. The third-order valence-electron chi connectivity index (χ3n) is 6.86. The second-order valence-electron chi connectivity index (χ2n) is 9.61. The molecule has 2 N–H and O–H groups in total. The maximum absolute atomic E-state index is 15.0. The van der Waals surface area contributed by atoms with Crippen molar-refractivity contribution in [1.82, 2.24) is 29.4 Å². The van der Waals surface area contributed by atoms with E-state index in [1.54, 1.807) is 6.07 Å². The molecule has 3 aromatic heterocycles. The second kappa shape index (κ2) is 8.67. The fourth-order valence-corrected chi connectivity index (χ4v) is 5.25. The van der Waals surface area contributed by atoms with Crippen LogP contribution in [0.2, 0.25) is 0 Å². The van der Waals surface area contributed by atoms with Gasteiger partial charge in [-0.05, 0) is 70.1 Å². The van der Waals surface area contributed by atoms with Crippen LogP contribution in [-0.2, 0) is 0 Å². The van der Waals surface area contributed by atoms with Gasteiger partial charge in [-0.1, -0.05) is 0 Å². The van der Waals surface area contributed by atoms with Crippen molar-refractivity contribution in [3.63, 3.8) is 0 Å². The summed E-state index contributed by atoms with van der Waals surface area (Å²) in [6.07, 6.45) is 4.34. The highest BCUT2D eigenvalue weighted by Gasteiger charge is 2.19. The number of benzene rings is 2. The molecule has 184 valence electrons. The number of hydrogen-bond donors (Lipinski definition) is 2. The molecule has 6 rings (SSSR count). The Morgan fingerprint density at radius 2 is 1.92 bits per heavy atom. The van der Waals surface area contributed by atoms with Crippen LogP contribution < -0.4 is 10.6 Å². The van der Waals surface area contributed by atoms with Crippen molar-refractivity contribution >= 4 is 33.6 Å². The van der Waals surface area contributed by atoms with Gasteiger partial charge in [0.15, 0.2) is 11.6 Å². The molecule has 0 aliphatic carbocycles. The van der Waals surface area contributed by atoms with E-state index in [0.717, 1.165) is 42.3 Å². The minimum Gasteiger partial charge on any atom is -0.343 e. The zero-order valence-electron chi connectivity index (χ0n) is 20.4. The first-order chi connectivity index (χ1) is 17.4. The van der Waals surface area contributed by atoms with Gasteiger partial charge < -0.3 is 19.8 Å². The molecular formula is C27H27F2N7. The van der Waals surface area contributed by atoms with Crippen LogP contribution in [0.1, 0.15) is 38.2 Å². The van der Waals surface area contributed by atoms with E-state index in [4.69, 9.17) is 0 Å². The number of aromatic nitrogens is 5. The van der Waals surface area contributed by atoms with Crippen molar-refractivity contribution in [2.24, 2.45) is 0 Å². The molecule has 5 aromatic rings. The lowest BCUT2D eigenvalue weighted by atomic mass is 10.1. The van der Waals surface area contributed by atoms with Gasteiger partial charge in [-0.15, -0.1) is 0 Å². The average molecular weight is 488 g/mol. The fraction of sp³-hybridized carbons (Fsp3) is 0.296. The third kappa shape index (κ3) is 3.80. The van der Waals surface area contributed by atoms with Crippen LogP contribution in [-0.4, -0.2) is 37.2 Å². The molecule has 7 nitrogen and oxygen atoms in total. The number of rotatable bonds is 5. The normalized spacial score (nSPS) is 16.0. The molecule has 2 aromatic carbocycles. The number of hydrogen-bond acceptors (Lipinski definition) is 5. The Labute approximate surface area is 207 Å². The highest BCUT2D eigenvalue weighted by Crippen LogP contribution is 2.31. The topological polar surface area (TPSA) is 72.6 Å². The molecule has 9 heteroatoms. The zero-order chi connectivity index (χ0) is 25.0. The van der Waals surface area contributed by atoms with Crippen LogP contribution in [0.15, 0.2) is 48.8 Å². The Kier molecular flexibility index (Phi) is 5.44. The van der Waals surface area contributed by atoms with Gasteiger partial charge in [0, 0.05) is 47.0 Å². The monoisotopic (exact) mass is 487 g/mol. The van der Waals surface area contributed by atoms with Crippen LogP contribution in [0.5, 0.6) is 0 Å². The SMILES string of the molecule is Cc1nc2c(F)cc(-c3nc(Nc4ccc5c(ccn5C5CCNC5)c4)ncc3F)cc2n1C(C)C. The Morgan fingerprint density at radius 3 is 2.69 bits per heavy atom. The Morgan fingerprint density at radius 1 is 1.06 bits per heavy atom. The maximum atomic E-state index is 15.0. The lowest BCUT2D eigenvalue weighted by molar-refractivity contribution is 0.565. The zero-order valence-corrected chi connectivity index (χ0v) is 20.4. The summed E-state index contributed by atoms with van der Waals surface area (Å²) in [5.74, 6) is -0.191. The van der Waals surface area contributed by atoms with Gasteiger partial charge in [0.2, 0.25) is 5.95 Å². The maximum Gasteiger partial charge on any atom is 0.227 e. The molecule has 0 bridgehead atoms. The van der Waals surface area contributed by atoms with Gasteiger partial charge in [0.1, 0.15) is 17.0 Å². The van der Waals surface area contributed by atoms with E-state index < -0.39 is 11.6 Å². The molecular weight excluding hydrogens is 460 g/mol. The molecule has 0 radical (unpaired) electrons. The quantitative estimate of drug-likeness (QED) is 0.323. The number of anilines is 2. The van der Waals surface area contributed by atoms with E-state index >= 15 is 0 Å². The summed E-state index contributed by atoms with van der Waals surface area (Å²) >= 11 is 0. The van der Waals surface area contributed by atoms with Crippen LogP contribution in [0, 0.1) is 18.6 Å². The van der Waals surface area contributed by atoms with E-state index in [1.165, 1.54) is 6.07 Å². The first-order valence-corrected chi connectivity index (χ1v) is 12.2. The van der Waals surface area contributed by atoms with Crippen LogP contribution in [0.25, 0.3) is 33.2 Å². The average Bonchev–Trinajstić information content (AvgIpc) is 3.58. The van der Waals surface area contributed by atoms with Gasteiger partial charge in [-0.2, -0.15) is 0 Å². The first kappa shape index (κ1) is 22.6. The van der Waals surface area contributed by atoms with Crippen LogP contribution in [0.3, 0.4) is 0 Å². The van der Waals surface area contributed by atoms with Crippen molar-refractivity contribution in [2.45, 2.75) is 39.3 Å². The highest BCUT2D eigenvalue weighted by molar-refractivity contribution is 5.85. The largest absolute Gasteiger partial charge is 0.343 e. The van der Waals surface area contributed by atoms with Crippen molar-refractivity contribution in [3.05, 3.63) is 66.3 Å². The molecule has 0 spiro atoms. The van der Waals surface area contributed by atoms with Crippen molar-refractivity contribution < 1.29 is 8.78 Å². The molecule has 1 unspecified atom stereocenters. The molecule has 1 saturated heterocycles. The van der Waals surface area contributed by atoms with Crippen LogP contribution in [0.4, 0.5) is 20.4 Å². The molecule has 0 saturated carbocycles. The Balaban J connectivity index is 1.35. The Hall–Kier alpha value is -3.85. The van der Waals surface area contributed by atoms with Crippen molar-refractivity contribution in [2.75, 3.05) is 18.4 Å². The number of nitrogens with zero attached hydrogens (tertiary/aromatic N) is 5. The van der Waals surface area contributed by atoms with Crippen molar-refractivity contribution in [3.8, 4) is 11.3 Å². The number of aryl methyl sites for hydroxylation is 1. The number of halogens is 2. The van der Waals surface area contributed by atoms with E-state index in [-0.39, 0.29) is 23.2 Å². The summed E-state index contributed by atoms with van der Waals surface area (Å²) in [5.41, 5.74) is 3.20. The predicted molar refractivity (Wildman–Crippen MR) is 138 cm³/mol.